The first-order valence-corrected chi connectivity index (χ1v) is 9.32. The van der Waals surface area contributed by atoms with Crippen LogP contribution in [0.2, 0.25) is 0 Å². The maximum Gasteiger partial charge on any atom is 0.290 e. The Morgan fingerprint density at radius 2 is 2.07 bits per heavy atom. The molecule has 0 unspecified atom stereocenters. The Morgan fingerprint density at radius 3 is 2.78 bits per heavy atom. The van der Waals surface area contributed by atoms with Gasteiger partial charge >= 0.3 is 0 Å². The third-order valence-corrected chi connectivity index (χ3v) is 4.91. The number of imidazole rings is 1. The van der Waals surface area contributed by atoms with Gasteiger partial charge < -0.3 is 15.2 Å². The van der Waals surface area contributed by atoms with E-state index in [1.807, 2.05) is 60.0 Å². The van der Waals surface area contributed by atoms with E-state index in [0.717, 1.165) is 36.5 Å². The highest BCUT2D eigenvalue weighted by molar-refractivity contribution is 5.91. The molecule has 1 amide bonds. The summed E-state index contributed by atoms with van der Waals surface area (Å²) in [6.45, 7) is 5.87. The Balaban J connectivity index is 1.56. The summed E-state index contributed by atoms with van der Waals surface area (Å²) in [4.78, 5) is 22.5. The second-order valence-corrected chi connectivity index (χ2v) is 7.11. The van der Waals surface area contributed by atoms with Crippen LogP contribution in [0, 0.1) is 0 Å². The number of hydrogen-bond acceptors (Lipinski definition) is 4. The van der Waals surface area contributed by atoms with Gasteiger partial charge in [-0.05, 0) is 38.9 Å². The molecular formula is C20H24N6O. The maximum absolute atomic E-state index is 13.0. The van der Waals surface area contributed by atoms with Gasteiger partial charge in [0.25, 0.3) is 5.91 Å². The first-order chi connectivity index (χ1) is 13.1. The summed E-state index contributed by atoms with van der Waals surface area (Å²) in [6.07, 6.45) is 6.38. The number of nitrogens with one attached hydrogen (secondary N) is 2. The number of para-hydroxylation sites is 1. The molecule has 0 radical (unpaired) electrons. The van der Waals surface area contributed by atoms with Crippen LogP contribution in [-0.2, 0) is 0 Å². The summed E-state index contributed by atoms with van der Waals surface area (Å²) in [5.41, 5.74) is 2.66. The monoisotopic (exact) mass is 364 g/mol. The van der Waals surface area contributed by atoms with Crippen LogP contribution < -0.4 is 5.32 Å². The van der Waals surface area contributed by atoms with Crippen molar-refractivity contribution in [1.29, 1.82) is 0 Å². The van der Waals surface area contributed by atoms with Gasteiger partial charge in [0.15, 0.2) is 5.82 Å². The van der Waals surface area contributed by atoms with E-state index >= 15 is 0 Å². The summed E-state index contributed by atoms with van der Waals surface area (Å²) < 4.78 is 1.81. The van der Waals surface area contributed by atoms with E-state index in [1.165, 1.54) is 0 Å². The van der Waals surface area contributed by atoms with E-state index in [-0.39, 0.29) is 18.0 Å². The molecule has 1 aliphatic rings. The summed E-state index contributed by atoms with van der Waals surface area (Å²) in [6, 6.07) is 10.2. The van der Waals surface area contributed by atoms with E-state index in [2.05, 4.69) is 20.4 Å². The number of carbonyl (C=O) groups excluding carboxylic acids is 1. The molecule has 7 heteroatoms. The van der Waals surface area contributed by atoms with Crippen molar-refractivity contribution < 1.29 is 4.79 Å². The average Bonchev–Trinajstić information content (AvgIpc) is 3.42. The minimum atomic E-state index is -0.0552. The van der Waals surface area contributed by atoms with Crippen molar-refractivity contribution in [3.63, 3.8) is 0 Å². The zero-order valence-electron chi connectivity index (χ0n) is 15.6. The first-order valence-electron chi connectivity index (χ1n) is 9.32. The number of H-pyrrole nitrogens is 1. The number of benzene rings is 1. The fourth-order valence-electron chi connectivity index (χ4n) is 3.58. The molecule has 3 aromatic rings. The standard InChI is InChI=1S/C20H24N6O/c1-14(2)26(17-8-9-21-11-17)20(27)19-22-12-18(24-19)15-10-23-25(13-15)16-6-4-3-5-7-16/h3-7,10,12-14,17,21H,8-9,11H2,1-2H3,(H,22,24)/t17-/m1/s1. The van der Waals surface area contributed by atoms with Gasteiger partial charge in [-0.15, -0.1) is 0 Å². The second kappa shape index (κ2) is 7.36. The number of carbonyl (C=O) groups is 1. The van der Waals surface area contributed by atoms with Gasteiger partial charge in [0.2, 0.25) is 0 Å². The molecule has 3 heterocycles. The van der Waals surface area contributed by atoms with Crippen molar-refractivity contribution >= 4 is 5.91 Å². The molecule has 27 heavy (non-hydrogen) atoms. The van der Waals surface area contributed by atoms with Crippen LogP contribution in [0.15, 0.2) is 48.9 Å². The van der Waals surface area contributed by atoms with E-state index < -0.39 is 0 Å². The molecular weight excluding hydrogens is 340 g/mol. The fraction of sp³-hybridized carbons (Fsp3) is 0.350. The molecule has 140 valence electrons. The SMILES string of the molecule is CC(C)N(C(=O)c1ncc(-c2cnn(-c3ccccc3)c2)[nH]1)[C@@H]1CCNC1. The van der Waals surface area contributed by atoms with Crippen molar-refractivity contribution in [2.45, 2.75) is 32.4 Å². The highest BCUT2D eigenvalue weighted by Crippen LogP contribution is 2.20. The van der Waals surface area contributed by atoms with Gasteiger partial charge in [0.05, 0.1) is 23.8 Å². The quantitative estimate of drug-likeness (QED) is 0.729. The van der Waals surface area contributed by atoms with Crippen LogP contribution in [0.4, 0.5) is 0 Å². The Morgan fingerprint density at radius 1 is 1.26 bits per heavy atom. The van der Waals surface area contributed by atoms with Gasteiger partial charge in [-0.3, -0.25) is 4.79 Å². The Kier molecular flexibility index (Phi) is 4.77. The highest BCUT2D eigenvalue weighted by atomic mass is 16.2. The molecule has 0 aliphatic carbocycles. The van der Waals surface area contributed by atoms with Gasteiger partial charge in [-0.1, -0.05) is 18.2 Å². The van der Waals surface area contributed by atoms with Crippen molar-refractivity contribution in [3.05, 3.63) is 54.7 Å². The molecule has 0 saturated carbocycles. The van der Waals surface area contributed by atoms with E-state index in [1.54, 1.807) is 12.4 Å². The van der Waals surface area contributed by atoms with Gasteiger partial charge in [-0.25, -0.2) is 9.67 Å². The van der Waals surface area contributed by atoms with Crippen LogP contribution in [0.5, 0.6) is 0 Å². The number of aromatic nitrogens is 4. The fourth-order valence-corrected chi connectivity index (χ4v) is 3.58. The van der Waals surface area contributed by atoms with Crippen LogP contribution in [0.1, 0.15) is 30.9 Å². The summed E-state index contributed by atoms with van der Waals surface area (Å²) in [5.74, 6) is 0.318. The lowest BCUT2D eigenvalue weighted by molar-refractivity contribution is 0.0615. The van der Waals surface area contributed by atoms with Gasteiger partial charge in [0.1, 0.15) is 0 Å². The number of aromatic amines is 1. The summed E-state index contributed by atoms with van der Waals surface area (Å²) in [5, 5.41) is 7.74. The molecule has 0 bridgehead atoms. The topological polar surface area (TPSA) is 78.8 Å². The lowest BCUT2D eigenvalue weighted by Gasteiger charge is -2.31. The van der Waals surface area contributed by atoms with E-state index in [9.17, 15) is 4.79 Å². The summed E-state index contributed by atoms with van der Waals surface area (Å²) >= 11 is 0. The van der Waals surface area contributed by atoms with Crippen LogP contribution in [0.3, 0.4) is 0 Å². The maximum atomic E-state index is 13.0. The first kappa shape index (κ1) is 17.5. The number of hydrogen-bond donors (Lipinski definition) is 2. The molecule has 2 aromatic heterocycles. The third-order valence-electron chi connectivity index (χ3n) is 4.91. The van der Waals surface area contributed by atoms with Crippen molar-refractivity contribution in [3.8, 4) is 16.9 Å². The number of rotatable bonds is 5. The number of amides is 1. The Bertz CT molecular complexity index is 907. The minimum absolute atomic E-state index is 0.0552. The lowest BCUT2D eigenvalue weighted by atomic mass is 10.1. The predicted octanol–water partition coefficient (Wildman–Crippen LogP) is 2.47. The molecule has 2 N–H and O–H groups in total. The minimum Gasteiger partial charge on any atom is -0.334 e. The molecule has 1 fully saturated rings. The molecule has 4 rings (SSSR count). The second-order valence-electron chi connectivity index (χ2n) is 7.11. The normalized spacial score (nSPS) is 16.8. The molecule has 1 aromatic carbocycles. The third kappa shape index (κ3) is 3.50. The lowest BCUT2D eigenvalue weighted by Crippen LogP contribution is -2.46. The molecule has 1 saturated heterocycles. The summed E-state index contributed by atoms with van der Waals surface area (Å²) in [7, 11) is 0. The molecule has 7 nitrogen and oxygen atoms in total. The van der Waals surface area contributed by atoms with Crippen LogP contribution in [-0.4, -0.2) is 55.7 Å². The molecule has 0 spiro atoms. The van der Waals surface area contributed by atoms with Crippen molar-refractivity contribution in [2.24, 2.45) is 0 Å². The zero-order chi connectivity index (χ0) is 18.8. The Hall–Kier alpha value is -2.93. The zero-order valence-corrected chi connectivity index (χ0v) is 15.6. The molecule has 1 aliphatic heterocycles. The van der Waals surface area contributed by atoms with Crippen LogP contribution >= 0.6 is 0 Å². The van der Waals surface area contributed by atoms with Crippen molar-refractivity contribution in [2.75, 3.05) is 13.1 Å². The van der Waals surface area contributed by atoms with E-state index in [4.69, 9.17) is 0 Å². The average molecular weight is 364 g/mol. The number of nitrogens with zero attached hydrogens (tertiary/aromatic N) is 4. The van der Waals surface area contributed by atoms with Crippen LogP contribution in [0.25, 0.3) is 16.9 Å². The van der Waals surface area contributed by atoms with Crippen molar-refractivity contribution in [1.82, 2.24) is 30.0 Å². The smallest absolute Gasteiger partial charge is 0.290 e. The van der Waals surface area contributed by atoms with E-state index in [0.29, 0.717) is 5.82 Å². The highest BCUT2D eigenvalue weighted by Gasteiger charge is 2.30. The van der Waals surface area contributed by atoms with Gasteiger partial charge in [-0.2, -0.15) is 5.10 Å². The Labute approximate surface area is 158 Å². The predicted molar refractivity (Wildman–Crippen MR) is 104 cm³/mol. The van der Waals surface area contributed by atoms with Gasteiger partial charge in [0, 0.05) is 30.4 Å². The molecule has 1 atom stereocenters. The largest absolute Gasteiger partial charge is 0.334 e.